The number of hydrogen-bond donors (Lipinski definition) is 1. The molecule has 14 heavy (non-hydrogen) atoms. The maximum atomic E-state index is 11.9. The Hall–Kier alpha value is -0.530. The quantitative estimate of drug-likeness (QED) is 0.714. The van der Waals surface area contributed by atoms with Gasteiger partial charge in [-0.15, -0.1) is 12.3 Å². The van der Waals surface area contributed by atoms with Crippen LogP contribution in [0.25, 0.3) is 0 Å². The Balaban J connectivity index is 2.54. The third kappa shape index (κ3) is 2.73. The van der Waals surface area contributed by atoms with E-state index >= 15 is 0 Å². The molecule has 0 amide bonds. The fourth-order valence-electron chi connectivity index (χ4n) is 1.72. The fraction of sp³-hybridized carbons (Fsp3) is 0.800. The molecule has 1 N–H and O–H groups in total. The number of hydrogen-bond acceptors (Lipinski definition) is 2. The second-order valence-electron chi connectivity index (χ2n) is 3.71. The maximum Gasteiger partial charge on any atom is 0.107 e. The summed E-state index contributed by atoms with van der Waals surface area (Å²) in [6, 6.07) is 0. The summed E-state index contributed by atoms with van der Waals surface area (Å²) in [5.41, 5.74) is 0. The number of nitrogens with zero attached hydrogens (tertiary/aromatic N) is 1. The summed E-state index contributed by atoms with van der Waals surface area (Å²) in [6.07, 6.45) is 7.90. The SMILES string of the molecule is C#CC1CCN(S(=N)(=O)CCC)CC1. The van der Waals surface area contributed by atoms with Crippen LogP contribution in [0.4, 0.5) is 0 Å². The predicted molar refractivity (Wildman–Crippen MR) is 59.2 cm³/mol. The molecule has 1 aliphatic heterocycles. The van der Waals surface area contributed by atoms with Crippen LogP contribution in [0.15, 0.2) is 0 Å². The van der Waals surface area contributed by atoms with E-state index in [9.17, 15) is 4.21 Å². The summed E-state index contributed by atoms with van der Waals surface area (Å²) in [5.74, 6) is 3.53. The lowest BCUT2D eigenvalue weighted by Gasteiger charge is -2.30. The summed E-state index contributed by atoms with van der Waals surface area (Å²) in [5, 5.41) is 0. The van der Waals surface area contributed by atoms with Crippen molar-refractivity contribution in [2.24, 2.45) is 5.92 Å². The van der Waals surface area contributed by atoms with Crippen molar-refractivity contribution in [3.8, 4) is 12.3 Å². The zero-order chi connectivity index (χ0) is 10.6. The van der Waals surface area contributed by atoms with Gasteiger partial charge in [-0.25, -0.2) is 13.3 Å². The zero-order valence-electron chi connectivity index (χ0n) is 8.66. The van der Waals surface area contributed by atoms with Gasteiger partial charge in [-0.1, -0.05) is 6.92 Å². The average Bonchev–Trinajstić information content (AvgIpc) is 2.18. The van der Waals surface area contributed by atoms with Gasteiger partial charge < -0.3 is 0 Å². The van der Waals surface area contributed by atoms with Gasteiger partial charge in [0.1, 0.15) is 9.92 Å². The van der Waals surface area contributed by atoms with Crippen LogP contribution in [0.1, 0.15) is 26.2 Å². The molecule has 0 aliphatic carbocycles. The average molecular weight is 214 g/mol. The van der Waals surface area contributed by atoms with Crippen molar-refractivity contribution in [1.29, 1.82) is 4.78 Å². The van der Waals surface area contributed by atoms with E-state index in [4.69, 9.17) is 11.2 Å². The van der Waals surface area contributed by atoms with Gasteiger partial charge in [0, 0.05) is 24.8 Å². The lowest BCUT2D eigenvalue weighted by Crippen LogP contribution is -2.38. The number of nitrogens with one attached hydrogen (secondary N) is 1. The van der Waals surface area contributed by atoms with Crippen molar-refractivity contribution < 1.29 is 4.21 Å². The molecular formula is C10H18N2OS. The number of piperidine rings is 1. The Bertz CT molecular complexity index is 308. The zero-order valence-corrected chi connectivity index (χ0v) is 9.48. The Kier molecular flexibility index (Phi) is 3.97. The summed E-state index contributed by atoms with van der Waals surface area (Å²) in [6.45, 7) is 3.40. The van der Waals surface area contributed by atoms with Gasteiger partial charge in [0.05, 0.1) is 0 Å². The molecule has 1 unspecified atom stereocenters. The highest BCUT2D eigenvalue weighted by molar-refractivity contribution is 7.90. The van der Waals surface area contributed by atoms with Crippen LogP contribution in [0.3, 0.4) is 0 Å². The van der Waals surface area contributed by atoms with Crippen LogP contribution in [0.5, 0.6) is 0 Å². The third-order valence-corrected chi connectivity index (χ3v) is 4.75. The van der Waals surface area contributed by atoms with Crippen molar-refractivity contribution in [1.82, 2.24) is 4.31 Å². The highest BCUT2D eigenvalue weighted by atomic mass is 32.2. The van der Waals surface area contributed by atoms with Crippen LogP contribution in [-0.2, 0) is 9.92 Å². The molecule has 0 saturated carbocycles. The lowest BCUT2D eigenvalue weighted by atomic mass is 10.00. The molecule has 0 bridgehead atoms. The fourth-order valence-corrected chi connectivity index (χ4v) is 3.34. The standard InChI is InChI=1S/C10H18N2OS/c1-3-9-14(11,13)12-7-5-10(4-2)6-8-12/h2,10-11H,3,5-9H2,1H3. The van der Waals surface area contributed by atoms with Crippen molar-refractivity contribution in [3.63, 3.8) is 0 Å². The van der Waals surface area contributed by atoms with Crippen molar-refractivity contribution in [2.75, 3.05) is 18.8 Å². The Labute approximate surface area is 87.0 Å². The highest BCUT2D eigenvalue weighted by Gasteiger charge is 2.23. The highest BCUT2D eigenvalue weighted by Crippen LogP contribution is 2.19. The van der Waals surface area contributed by atoms with Gasteiger partial charge in [0.15, 0.2) is 0 Å². The largest absolute Gasteiger partial charge is 0.240 e. The molecular weight excluding hydrogens is 196 g/mol. The lowest BCUT2D eigenvalue weighted by molar-refractivity contribution is 0.321. The second-order valence-corrected chi connectivity index (χ2v) is 5.92. The van der Waals surface area contributed by atoms with Gasteiger partial charge >= 0.3 is 0 Å². The Morgan fingerprint density at radius 1 is 1.57 bits per heavy atom. The predicted octanol–water partition coefficient (Wildman–Crippen LogP) is 1.70. The molecule has 0 radical (unpaired) electrons. The van der Waals surface area contributed by atoms with Crippen LogP contribution in [0.2, 0.25) is 0 Å². The van der Waals surface area contributed by atoms with E-state index in [1.807, 2.05) is 6.92 Å². The van der Waals surface area contributed by atoms with Gasteiger partial charge in [-0.05, 0) is 19.3 Å². The van der Waals surface area contributed by atoms with E-state index in [-0.39, 0.29) is 0 Å². The molecule has 1 heterocycles. The molecule has 1 saturated heterocycles. The topological polar surface area (TPSA) is 44.2 Å². The van der Waals surface area contributed by atoms with E-state index < -0.39 is 9.92 Å². The number of rotatable bonds is 3. The summed E-state index contributed by atoms with van der Waals surface area (Å²) in [7, 11) is -2.50. The normalized spacial score (nSPS) is 24.0. The van der Waals surface area contributed by atoms with Gasteiger partial charge in [0.25, 0.3) is 0 Å². The van der Waals surface area contributed by atoms with E-state index in [0.717, 1.165) is 32.4 Å². The molecule has 0 aromatic rings. The van der Waals surface area contributed by atoms with E-state index in [1.54, 1.807) is 4.31 Å². The van der Waals surface area contributed by atoms with Crippen molar-refractivity contribution in [2.45, 2.75) is 26.2 Å². The first-order chi connectivity index (χ1) is 6.60. The molecule has 80 valence electrons. The first kappa shape index (κ1) is 11.5. The van der Waals surface area contributed by atoms with E-state index in [2.05, 4.69) is 5.92 Å². The molecule has 3 nitrogen and oxygen atoms in total. The monoisotopic (exact) mass is 214 g/mol. The first-order valence-electron chi connectivity index (χ1n) is 5.08. The van der Waals surface area contributed by atoms with Crippen LogP contribution >= 0.6 is 0 Å². The minimum Gasteiger partial charge on any atom is -0.240 e. The summed E-state index contributed by atoms with van der Waals surface area (Å²) < 4.78 is 21.4. The molecule has 0 spiro atoms. The Morgan fingerprint density at radius 3 is 2.57 bits per heavy atom. The number of terminal acetylenes is 1. The molecule has 1 atom stereocenters. The van der Waals surface area contributed by atoms with Crippen LogP contribution < -0.4 is 0 Å². The van der Waals surface area contributed by atoms with Gasteiger partial charge in [-0.2, -0.15) is 0 Å². The molecule has 0 aromatic heterocycles. The first-order valence-corrected chi connectivity index (χ1v) is 6.76. The van der Waals surface area contributed by atoms with E-state index in [1.165, 1.54) is 0 Å². The minimum absolute atomic E-state index is 0.322. The van der Waals surface area contributed by atoms with Crippen LogP contribution in [-0.4, -0.2) is 27.4 Å². The molecule has 1 fully saturated rings. The van der Waals surface area contributed by atoms with E-state index in [0.29, 0.717) is 11.7 Å². The molecule has 1 rings (SSSR count). The maximum absolute atomic E-state index is 11.9. The van der Waals surface area contributed by atoms with Gasteiger partial charge in [-0.3, -0.25) is 0 Å². The van der Waals surface area contributed by atoms with Crippen molar-refractivity contribution >= 4 is 9.92 Å². The second kappa shape index (κ2) is 4.81. The Morgan fingerprint density at radius 2 is 2.14 bits per heavy atom. The minimum atomic E-state index is -2.50. The molecule has 4 heteroatoms. The van der Waals surface area contributed by atoms with Crippen LogP contribution in [0, 0.1) is 23.0 Å². The smallest absolute Gasteiger partial charge is 0.107 e. The summed E-state index contributed by atoms with van der Waals surface area (Å²) >= 11 is 0. The third-order valence-electron chi connectivity index (χ3n) is 2.59. The van der Waals surface area contributed by atoms with Gasteiger partial charge in [0.2, 0.25) is 0 Å². The van der Waals surface area contributed by atoms with Crippen molar-refractivity contribution in [3.05, 3.63) is 0 Å². The molecule has 1 aliphatic rings. The molecule has 0 aromatic carbocycles. The summed E-state index contributed by atoms with van der Waals surface area (Å²) in [4.78, 5) is 0.